The summed E-state index contributed by atoms with van der Waals surface area (Å²) in [6.45, 7) is 5.30. The van der Waals surface area contributed by atoms with Crippen molar-refractivity contribution in [2.45, 2.75) is 26.2 Å². The molecule has 2 fully saturated rings. The van der Waals surface area contributed by atoms with Gasteiger partial charge in [-0.15, -0.1) is 15.3 Å². The molecular formula is C15H20N6O. The Hall–Kier alpha value is -2.18. The van der Waals surface area contributed by atoms with Crippen LogP contribution >= 0.6 is 0 Å². The summed E-state index contributed by atoms with van der Waals surface area (Å²) in [5, 5.41) is 12.7. The van der Waals surface area contributed by atoms with Crippen LogP contribution in [-0.2, 0) is 4.79 Å². The molecule has 2 aromatic rings. The molecule has 0 aromatic carbocycles. The first-order chi connectivity index (χ1) is 10.7. The average Bonchev–Trinajstić information content (AvgIpc) is 3.34. The van der Waals surface area contributed by atoms with Gasteiger partial charge in [0.1, 0.15) is 5.82 Å². The summed E-state index contributed by atoms with van der Waals surface area (Å²) >= 11 is 0. The standard InChI is InChI=1S/C15H20N6O/c1-11-16-17-13-5-6-14(18-21(11)13)19-7-2-8-20(10-9-19)15(22)12-3-4-12/h5-6,12H,2-4,7-10H2,1H3. The van der Waals surface area contributed by atoms with Crippen molar-refractivity contribution in [3.8, 4) is 0 Å². The zero-order valence-corrected chi connectivity index (χ0v) is 12.8. The van der Waals surface area contributed by atoms with E-state index in [1.165, 1.54) is 0 Å². The summed E-state index contributed by atoms with van der Waals surface area (Å²) in [5.74, 6) is 2.37. The Morgan fingerprint density at radius 3 is 2.82 bits per heavy atom. The number of hydrogen-bond acceptors (Lipinski definition) is 5. The molecule has 7 heteroatoms. The smallest absolute Gasteiger partial charge is 0.225 e. The van der Waals surface area contributed by atoms with Crippen LogP contribution in [0.25, 0.3) is 5.65 Å². The van der Waals surface area contributed by atoms with Gasteiger partial charge in [-0.2, -0.15) is 4.52 Å². The second-order valence-electron chi connectivity index (χ2n) is 6.15. The van der Waals surface area contributed by atoms with Gasteiger partial charge in [-0.1, -0.05) is 0 Å². The highest BCUT2D eigenvalue weighted by Crippen LogP contribution is 2.31. The minimum absolute atomic E-state index is 0.306. The van der Waals surface area contributed by atoms with E-state index in [2.05, 4.69) is 20.2 Å². The van der Waals surface area contributed by atoms with Gasteiger partial charge in [-0.3, -0.25) is 4.79 Å². The summed E-state index contributed by atoms with van der Waals surface area (Å²) < 4.78 is 1.77. The summed E-state index contributed by atoms with van der Waals surface area (Å²) in [6.07, 6.45) is 3.13. The molecule has 2 aliphatic rings. The van der Waals surface area contributed by atoms with Crippen molar-refractivity contribution in [3.05, 3.63) is 18.0 Å². The number of aryl methyl sites for hydroxylation is 1. The van der Waals surface area contributed by atoms with Crippen molar-refractivity contribution < 1.29 is 4.79 Å². The molecule has 1 saturated heterocycles. The van der Waals surface area contributed by atoms with Gasteiger partial charge in [-0.25, -0.2) is 0 Å². The predicted octanol–water partition coefficient (Wildman–Crippen LogP) is 0.881. The third-order valence-electron chi connectivity index (χ3n) is 4.46. The van der Waals surface area contributed by atoms with E-state index in [9.17, 15) is 4.79 Å². The molecule has 7 nitrogen and oxygen atoms in total. The minimum Gasteiger partial charge on any atom is -0.353 e. The number of carbonyl (C=O) groups is 1. The highest BCUT2D eigenvalue weighted by atomic mass is 16.2. The fourth-order valence-corrected chi connectivity index (χ4v) is 3.01. The highest BCUT2D eigenvalue weighted by molar-refractivity contribution is 5.81. The van der Waals surface area contributed by atoms with Crippen LogP contribution < -0.4 is 4.90 Å². The molecule has 3 heterocycles. The lowest BCUT2D eigenvalue weighted by Gasteiger charge is -2.22. The molecule has 0 bridgehead atoms. The molecule has 22 heavy (non-hydrogen) atoms. The molecule has 4 rings (SSSR count). The third kappa shape index (κ3) is 2.40. The molecule has 0 radical (unpaired) electrons. The van der Waals surface area contributed by atoms with Crippen LogP contribution in [0.5, 0.6) is 0 Å². The minimum atomic E-state index is 0.306. The van der Waals surface area contributed by atoms with Gasteiger partial charge < -0.3 is 9.80 Å². The second-order valence-corrected chi connectivity index (χ2v) is 6.15. The fraction of sp³-hybridized carbons (Fsp3) is 0.600. The predicted molar refractivity (Wildman–Crippen MR) is 81.7 cm³/mol. The van der Waals surface area contributed by atoms with Crippen molar-refractivity contribution in [3.63, 3.8) is 0 Å². The molecule has 0 atom stereocenters. The van der Waals surface area contributed by atoms with Crippen molar-refractivity contribution in [2.75, 3.05) is 31.1 Å². The molecule has 1 aliphatic carbocycles. The molecule has 0 unspecified atom stereocenters. The van der Waals surface area contributed by atoms with Crippen LogP contribution in [0.2, 0.25) is 0 Å². The number of carbonyl (C=O) groups excluding carboxylic acids is 1. The molecule has 1 aliphatic heterocycles. The van der Waals surface area contributed by atoms with E-state index in [0.29, 0.717) is 11.8 Å². The van der Waals surface area contributed by atoms with Gasteiger partial charge in [0.15, 0.2) is 11.5 Å². The largest absolute Gasteiger partial charge is 0.353 e. The lowest BCUT2D eigenvalue weighted by atomic mass is 10.3. The summed E-state index contributed by atoms with van der Waals surface area (Å²) in [6, 6.07) is 3.93. The van der Waals surface area contributed by atoms with Crippen LogP contribution in [0, 0.1) is 12.8 Å². The first-order valence-corrected chi connectivity index (χ1v) is 7.95. The number of rotatable bonds is 2. The van der Waals surface area contributed by atoms with E-state index in [0.717, 1.165) is 62.7 Å². The van der Waals surface area contributed by atoms with Crippen LogP contribution in [0.15, 0.2) is 12.1 Å². The van der Waals surface area contributed by atoms with E-state index in [1.807, 2.05) is 24.0 Å². The molecule has 0 N–H and O–H groups in total. The number of aromatic nitrogens is 4. The lowest BCUT2D eigenvalue weighted by molar-refractivity contribution is -0.132. The maximum Gasteiger partial charge on any atom is 0.225 e. The molecule has 1 saturated carbocycles. The Kier molecular flexibility index (Phi) is 3.20. The summed E-state index contributed by atoms with van der Waals surface area (Å²) in [7, 11) is 0. The quantitative estimate of drug-likeness (QED) is 0.824. The van der Waals surface area contributed by atoms with Gasteiger partial charge in [-0.05, 0) is 38.3 Å². The first-order valence-electron chi connectivity index (χ1n) is 7.95. The Morgan fingerprint density at radius 2 is 2.00 bits per heavy atom. The van der Waals surface area contributed by atoms with Gasteiger partial charge in [0.2, 0.25) is 5.91 Å². The Balaban J connectivity index is 1.51. The van der Waals surface area contributed by atoms with Crippen LogP contribution in [0.3, 0.4) is 0 Å². The zero-order chi connectivity index (χ0) is 15.1. The Labute approximate surface area is 128 Å². The Morgan fingerprint density at radius 1 is 1.14 bits per heavy atom. The van der Waals surface area contributed by atoms with Crippen LogP contribution in [0.1, 0.15) is 25.1 Å². The van der Waals surface area contributed by atoms with Crippen molar-refractivity contribution >= 4 is 17.4 Å². The monoisotopic (exact) mass is 300 g/mol. The normalized spacial score (nSPS) is 19.5. The van der Waals surface area contributed by atoms with E-state index < -0.39 is 0 Å². The molecule has 116 valence electrons. The van der Waals surface area contributed by atoms with Crippen molar-refractivity contribution in [1.29, 1.82) is 0 Å². The second kappa shape index (κ2) is 5.23. The molecule has 1 amide bonds. The summed E-state index contributed by atoms with van der Waals surface area (Å²) in [4.78, 5) is 16.5. The van der Waals surface area contributed by atoms with Gasteiger partial charge in [0, 0.05) is 32.1 Å². The highest BCUT2D eigenvalue weighted by Gasteiger charge is 2.34. The number of fused-ring (bicyclic) bond motifs is 1. The topological polar surface area (TPSA) is 66.6 Å². The van der Waals surface area contributed by atoms with Crippen LogP contribution in [0.4, 0.5) is 5.82 Å². The van der Waals surface area contributed by atoms with Crippen LogP contribution in [-0.4, -0.2) is 56.8 Å². The van der Waals surface area contributed by atoms with E-state index in [1.54, 1.807) is 4.52 Å². The van der Waals surface area contributed by atoms with Crippen molar-refractivity contribution in [1.82, 2.24) is 24.7 Å². The van der Waals surface area contributed by atoms with Gasteiger partial charge >= 0.3 is 0 Å². The van der Waals surface area contributed by atoms with Gasteiger partial charge in [0.05, 0.1) is 0 Å². The lowest BCUT2D eigenvalue weighted by Crippen LogP contribution is -2.36. The SMILES string of the molecule is Cc1nnc2ccc(N3CCCN(C(=O)C4CC4)CC3)nn12. The number of anilines is 1. The fourth-order valence-electron chi connectivity index (χ4n) is 3.01. The molecule has 0 spiro atoms. The third-order valence-corrected chi connectivity index (χ3v) is 4.46. The number of hydrogen-bond donors (Lipinski definition) is 0. The van der Waals surface area contributed by atoms with Crippen molar-refractivity contribution in [2.24, 2.45) is 5.92 Å². The number of nitrogens with zero attached hydrogens (tertiary/aromatic N) is 6. The Bertz CT molecular complexity index is 707. The van der Waals surface area contributed by atoms with E-state index in [4.69, 9.17) is 0 Å². The molecular weight excluding hydrogens is 280 g/mol. The maximum absolute atomic E-state index is 12.2. The number of amides is 1. The summed E-state index contributed by atoms with van der Waals surface area (Å²) in [5.41, 5.74) is 0.765. The van der Waals surface area contributed by atoms with E-state index >= 15 is 0 Å². The maximum atomic E-state index is 12.2. The van der Waals surface area contributed by atoms with E-state index in [-0.39, 0.29) is 0 Å². The molecule has 2 aromatic heterocycles. The van der Waals surface area contributed by atoms with Gasteiger partial charge in [0.25, 0.3) is 0 Å². The average molecular weight is 300 g/mol. The zero-order valence-electron chi connectivity index (χ0n) is 12.8. The first kappa shape index (κ1) is 13.5.